The molecule has 0 aliphatic carbocycles. The van der Waals surface area contributed by atoms with Crippen LogP contribution in [0.25, 0.3) is 22.2 Å². The van der Waals surface area contributed by atoms with Gasteiger partial charge in [0, 0.05) is 60.9 Å². The lowest BCUT2D eigenvalue weighted by molar-refractivity contribution is -0.131. The Morgan fingerprint density at radius 1 is 1.15 bits per heavy atom. The number of para-hydroxylation sites is 1. The molecule has 34 heavy (non-hydrogen) atoms. The third kappa shape index (κ3) is 4.64. The molecule has 2 aromatic heterocycles. The zero-order valence-electron chi connectivity index (χ0n) is 18.5. The Morgan fingerprint density at radius 2 is 1.91 bits per heavy atom. The summed E-state index contributed by atoms with van der Waals surface area (Å²) in [4.78, 5) is 38.8. The molecule has 0 radical (unpaired) electrons. The number of carboxylic acid groups (broad SMARTS) is 1. The Morgan fingerprint density at radius 3 is 2.68 bits per heavy atom. The van der Waals surface area contributed by atoms with Crippen LogP contribution in [-0.4, -0.2) is 86.7 Å². The van der Waals surface area contributed by atoms with Crippen molar-refractivity contribution in [3.8, 4) is 11.3 Å². The average Bonchev–Trinajstić information content (AvgIpc) is 3.23. The molecule has 0 saturated carbocycles. The van der Waals surface area contributed by atoms with E-state index >= 15 is 0 Å². The molecule has 5 rings (SSSR count). The second-order valence-electron chi connectivity index (χ2n) is 8.70. The Bertz CT molecular complexity index is 1200. The van der Waals surface area contributed by atoms with Crippen LogP contribution < -0.4 is 10.6 Å². The molecule has 2 saturated heterocycles. The number of hydrogen-bond donors (Lipinski definition) is 4. The number of nitrogens with zero attached hydrogens (tertiary/aromatic N) is 4. The highest BCUT2D eigenvalue weighted by molar-refractivity contribution is 6.33. The van der Waals surface area contributed by atoms with Gasteiger partial charge in [-0.3, -0.25) is 4.79 Å². The van der Waals surface area contributed by atoms with Crippen molar-refractivity contribution in [2.75, 3.05) is 38.0 Å². The fraction of sp³-hybridized carbons (Fsp3) is 0.391. The van der Waals surface area contributed by atoms with Crippen LogP contribution in [0.1, 0.15) is 12.8 Å². The highest BCUT2D eigenvalue weighted by Crippen LogP contribution is 2.32. The molecule has 10 nitrogen and oxygen atoms in total. The number of halogens is 1. The first kappa shape index (κ1) is 22.4. The molecule has 2 aliphatic heterocycles. The van der Waals surface area contributed by atoms with Crippen LogP contribution in [0.5, 0.6) is 0 Å². The van der Waals surface area contributed by atoms with E-state index in [4.69, 9.17) is 16.7 Å². The number of aromatic amines is 1. The van der Waals surface area contributed by atoms with Crippen molar-refractivity contribution in [1.82, 2.24) is 30.1 Å². The van der Waals surface area contributed by atoms with E-state index in [0.717, 1.165) is 29.3 Å². The van der Waals surface area contributed by atoms with Gasteiger partial charge in [0.05, 0.1) is 23.5 Å². The molecule has 2 fully saturated rings. The molecule has 0 spiro atoms. The first-order chi connectivity index (χ1) is 16.5. The summed E-state index contributed by atoms with van der Waals surface area (Å²) in [6.45, 7) is 2.37. The minimum atomic E-state index is -0.919. The zero-order valence-corrected chi connectivity index (χ0v) is 19.3. The van der Waals surface area contributed by atoms with Crippen LogP contribution in [0.4, 0.5) is 10.7 Å². The molecule has 0 unspecified atom stereocenters. The Balaban J connectivity index is 1.14. The predicted octanol–water partition coefficient (Wildman–Crippen LogP) is 2.63. The summed E-state index contributed by atoms with van der Waals surface area (Å²) in [5.41, 5.74) is 2.62. The molecule has 0 atom stereocenters. The smallest absolute Gasteiger partial charge is 0.407 e. The fourth-order valence-corrected chi connectivity index (χ4v) is 4.65. The number of H-pyrrole nitrogens is 1. The maximum atomic E-state index is 12.5. The maximum Gasteiger partial charge on any atom is 0.407 e. The van der Waals surface area contributed by atoms with Gasteiger partial charge in [0.15, 0.2) is 0 Å². The number of benzene rings is 1. The summed E-state index contributed by atoms with van der Waals surface area (Å²) in [7, 11) is 0. The van der Waals surface area contributed by atoms with Crippen LogP contribution in [0.15, 0.2) is 36.7 Å². The average molecular weight is 484 g/mol. The lowest BCUT2D eigenvalue weighted by Crippen LogP contribution is -2.61. The van der Waals surface area contributed by atoms with Crippen molar-refractivity contribution in [3.05, 3.63) is 41.7 Å². The van der Waals surface area contributed by atoms with Gasteiger partial charge in [-0.2, -0.15) is 0 Å². The van der Waals surface area contributed by atoms with E-state index in [-0.39, 0.29) is 24.5 Å². The number of hydrogen-bond acceptors (Lipinski definition) is 6. The van der Waals surface area contributed by atoms with E-state index in [0.29, 0.717) is 42.8 Å². The monoisotopic (exact) mass is 483 g/mol. The number of amides is 2. The number of fused-ring (bicyclic) bond motifs is 1. The summed E-state index contributed by atoms with van der Waals surface area (Å²) in [5.74, 6) is 0.556. The van der Waals surface area contributed by atoms with Crippen molar-refractivity contribution in [1.29, 1.82) is 0 Å². The highest BCUT2D eigenvalue weighted by Gasteiger charge is 2.31. The SMILES string of the molecule is O=C(O)N1CC(NCC(=O)N2CCC(Nc3ncc(Cl)c(-c4c[nH]c5ccccc45)n3)CC2)C1. The number of aromatic nitrogens is 3. The van der Waals surface area contributed by atoms with Gasteiger partial charge in [-0.05, 0) is 18.9 Å². The summed E-state index contributed by atoms with van der Waals surface area (Å²) in [6, 6.07) is 8.20. The van der Waals surface area contributed by atoms with E-state index in [2.05, 4.69) is 25.6 Å². The third-order valence-corrected chi connectivity index (χ3v) is 6.74. The molecular formula is C23H26ClN7O3. The summed E-state index contributed by atoms with van der Waals surface area (Å²) >= 11 is 6.43. The van der Waals surface area contributed by atoms with Crippen molar-refractivity contribution < 1.29 is 14.7 Å². The van der Waals surface area contributed by atoms with Gasteiger partial charge in [-0.25, -0.2) is 14.8 Å². The van der Waals surface area contributed by atoms with Crippen molar-refractivity contribution in [3.63, 3.8) is 0 Å². The molecule has 4 N–H and O–H groups in total. The van der Waals surface area contributed by atoms with Crippen molar-refractivity contribution in [2.45, 2.75) is 24.9 Å². The van der Waals surface area contributed by atoms with Gasteiger partial charge < -0.3 is 30.5 Å². The Kier molecular flexibility index (Phi) is 6.25. The molecule has 3 aromatic rings. The van der Waals surface area contributed by atoms with Gasteiger partial charge in [0.1, 0.15) is 0 Å². The maximum absolute atomic E-state index is 12.5. The number of carbonyl (C=O) groups excluding carboxylic acids is 1. The molecule has 1 aromatic carbocycles. The number of nitrogens with one attached hydrogen (secondary N) is 3. The van der Waals surface area contributed by atoms with Crippen molar-refractivity contribution >= 4 is 40.5 Å². The third-order valence-electron chi connectivity index (χ3n) is 6.46. The van der Waals surface area contributed by atoms with E-state index in [1.807, 2.05) is 35.4 Å². The molecular weight excluding hydrogens is 458 g/mol. The largest absolute Gasteiger partial charge is 0.465 e. The first-order valence-electron chi connectivity index (χ1n) is 11.3. The Hall–Kier alpha value is -3.37. The number of carbonyl (C=O) groups is 2. The topological polar surface area (TPSA) is 126 Å². The fourth-order valence-electron chi connectivity index (χ4n) is 4.46. The van der Waals surface area contributed by atoms with E-state index in [1.165, 1.54) is 4.90 Å². The van der Waals surface area contributed by atoms with E-state index < -0.39 is 6.09 Å². The number of piperidine rings is 1. The quantitative estimate of drug-likeness (QED) is 0.424. The molecule has 2 aliphatic rings. The van der Waals surface area contributed by atoms with E-state index in [9.17, 15) is 9.59 Å². The van der Waals surface area contributed by atoms with Gasteiger partial charge in [-0.15, -0.1) is 0 Å². The predicted molar refractivity (Wildman–Crippen MR) is 129 cm³/mol. The number of likely N-dealkylation sites (tertiary alicyclic amines) is 2. The van der Waals surface area contributed by atoms with Crippen molar-refractivity contribution in [2.24, 2.45) is 0 Å². The number of anilines is 1. The van der Waals surface area contributed by atoms with Crippen LogP contribution in [-0.2, 0) is 4.79 Å². The van der Waals surface area contributed by atoms with Crippen LogP contribution in [0, 0.1) is 0 Å². The summed E-state index contributed by atoms with van der Waals surface area (Å²) in [6.07, 6.45) is 4.18. The van der Waals surface area contributed by atoms with E-state index in [1.54, 1.807) is 6.20 Å². The molecule has 0 bridgehead atoms. The minimum Gasteiger partial charge on any atom is -0.465 e. The van der Waals surface area contributed by atoms with Gasteiger partial charge in [0.25, 0.3) is 0 Å². The second kappa shape index (κ2) is 9.47. The van der Waals surface area contributed by atoms with Gasteiger partial charge >= 0.3 is 6.09 Å². The summed E-state index contributed by atoms with van der Waals surface area (Å²) in [5, 5.41) is 17.0. The Labute approximate surface area is 201 Å². The first-order valence-corrected chi connectivity index (χ1v) is 11.7. The second-order valence-corrected chi connectivity index (χ2v) is 9.11. The van der Waals surface area contributed by atoms with Gasteiger partial charge in [-0.1, -0.05) is 29.8 Å². The summed E-state index contributed by atoms with van der Waals surface area (Å²) < 4.78 is 0. The standard InChI is InChI=1S/C23H26ClN7O3/c24-18-10-27-22(29-21(18)17-9-26-19-4-2-1-3-16(17)19)28-14-5-7-30(8-6-14)20(32)11-25-15-12-31(13-15)23(33)34/h1-4,9-10,14-15,25-26H,5-8,11-13H2,(H,33,34)(H,27,28,29). The lowest BCUT2D eigenvalue weighted by atomic mass is 10.0. The van der Waals surface area contributed by atoms with Crippen LogP contribution in [0.3, 0.4) is 0 Å². The highest BCUT2D eigenvalue weighted by atomic mass is 35.5. The minimum absolute atomic E-state index is 0.0385. The molecule has 2 amide bonds. The van der Waals surface area contributed by atoms with Crippen LogP contribution in [0.2, 0.25) is 5.02 Å². The molecule has 11 heteroatoms. The normalized spacial score (nSPS) is 17.1. The lowest BCUT2D eigenvalue weighted by Gasteiger charge is -2.38. The van der Waals surface area contributed by atoms with Gasteiger partial charge in [0.2, 0.25) is 11.9 Å². The molecule has 178 valence electrons. The number of rotatable bonds is 6. The zero-order chi connectivity index (χ0) is 23.7. The molecule has 4 heterocycles. The van der Waals surface area contributed by atoms with Crippen LogP contribution >= 0.6 is 11.6 Å².